The molecule has 1 atom stereocenters. The molecule has 0 saturated carbocycles. The third-order valence-electron chi connectivity index (χ3n) is 3.57. The van der Waals surface area contributed by atoms with Crippen molar-refractivity contribution >= 4 is 11.9 Å². The van der Waals surface area contributed by atoms with E-state index in [0.717, 1.165) is 17.8 Å². The standard InChI is InChI=1S/C18H29NO4/c1-8-10-13-14(16(20)22-9-2)11(3)19-12(4)15(13)17(21)23-18(5,6)7/h13,19H,8-10H2,1-7H3. The normalized spacial score (nSPS) is 18.7. The molecule has 1 aliphatic rings. The number of hydrogen-bond acceptors (Lipinski definition) is 5. The molecular weight excluding hydrogens is 294 g/mol. The zero-order valence-electron chi connectivity index (χ0n) is 15.3. The van der Waals surface area contributed by atoms with E-state index in [1.54, 1.807) is 6.92 Å². The molecule has 0 aromatic heterocycles. The van der Waals surface area contributed by atoms with Gasteiger partial charge in [-0.1, -0.05) is 13.3 Å². The summed E-state index contributed by atoms with van der Waals surface area (Å²) in [5.74, 6) is -1.05. The van der Waals surface area contributed by atoms with Crippen LogP contribution in [0.1, 0.15) is 61.3 Å². The van der Waals surface area contributed by atoms with E-state index in [2.05, 4.69) is 5.32 Å². The number of carbonyl (C=O) groups is 2. The Labute approximate surface area is 139 Å². The summed E-state index contributed by atoms with van der Waals surface area (Å²) in [6, 6.07) is 0. The number of ether oxygens (including phenoxy) is 2. The van der Waals surface area contributed by atoms with Crippen LogP contribution in [0.5, 0.6) is 0 Å². The van der Waals surface area contributed by atoms with Gasteiger partial charge in [0, 0.05) is 17.3 Å². The molecule has 0 aromatic rings. The minimum absolute atomic E-state index is 0.296. The second-order valence-electron chi connectivity index (χ2n) is 6.77. The first kappa shape index (κ1) is 19.3. The monoisotopic (exact) mass is 323 g/mol. The molecule has 0 fully saturated rings. The highest BCUT2D eigenvalue weighted by Crippen LogP contribution is 2.35. The average Bonchev–Trinajstić information content (AvgIpc) is 2.36. The fraction of sp³-hybridized carbons (Fsp3) is 0.667. The number of dihydropyridines is 1. The van der Waals surface area contributed by atoms with Gasteiger partial charge < -0.3 is 14.8 Å². The molecule has 1 heterocycles. The molecule has 1 aliphatic heterocycles. The van der Waals surface area contributed by atoms with Crippen molar-refractivity contribution in [2.45, 2.75) is 66.9 Å². The van der Waals surface area contributed by atoms with Crippen molar-refractivity contribution in [2.24, 2.45) is 5.92 Å². The minimum atomic E-state index is -0.582. The van der Waals surface area contributed by atoms with E-state index in [9.17, 15) is 9.59 Å². The number of rotatable bonds is 5. The van der Waals surface area contributed by atoms with E-state index in [1.807, 2.05) is 41.5 Å². The lowest BCUT2D eigenvalue weighted by molar-refractivity contribution is -0.150. The molecule has 0 radical (unpaired) electrons. The predicted octanol–water partition coefficient (Wildman–Crippen LogP) is 3.46. The Hall–Kier alpha value is -1.78. The molecule has 0 aliphatic carbocycles. The molecule has 1 rings (SSSR count). The first-order valence-electron chi connectivity index (χ1n) is 8.21. The van der Waals surface area contributed by atoms with Gasteiger partial charge in [-0.25, -0.2) is 9.59 Å². The Balaban J connectivity index is 3.25. The number of esters is 2. The first-order valence-corrected chi connectivity index (χ1v) is 8.21. The highest BCUT2D eigenvalue weighted by molar-refractivity contribution is 5.97. The molecule has 130 valence electrons. The summed E-state index contributed by atoms with van der Waals surface area (Å²) in [6.45, 7) is 13.3. The van der Waals surface area contributed by atoms with Crippen LogP contribution in [-0.2, 0) is 19.1 Å². The highest BCUT2D eigenvalue weighted by Gasteiger charge is 2.37. The molecule has 23 heavy (non-hydrogen) atoms. The largest absolute Gasteiger partial charge is 0.463 e. The van der Waals surface area contributed by atoms with Crippen LogP contribution in [0.4, 0.5) is 0 Å². The molecule has 1 unspecified atom stereocenters. The van der Waals surface area contributed by atoms with Gasteiger partial charge >= 0.3 is 11.9 Å². The Morgan fingerprint density at radius 3 is 2.00 bits per heavy atom. The molecular formula is C18H29NO4. The molecule has 0 aromatic carbocycles. The fourth-order valence-electron chi connectivity index (χ4n) is 2.79. The van der Waals surface area contributed by atoms with Gasteiger partial charge in [-0.15, -0.1) is 0 Å². The summed E-state index contributed by atoms with van der Waals surface area (Å²) in [5, 5.41) is 3.13. The van der Waals surface area contributed by atoms with Crippen LogP contribution < -0.4 is 5.32 Å². The van der Waals surface area contributed by atoms with Crippen molar-refractivity contribution < 1.29 is 19.1 Å². The van der Waals surface area contributed by atoms with Crippen LogP contribution in [0, 0.1) is 5.92 Å². The second-order valence-corrected chi connectivity index (χ2v) is 6.77. The zero-order chi connectivity index (χ0) is 17.8. The third-order valence-corrected chi connectivity index (χ3v) is 3.57. The van der Waals surface area contributed by atoms with Crippen molar-refractivity contribution in [1.29, 1.82) is 0 Å². The van der Waals surface area contributed by atoms with Crippen molar-refractivity contribution in [3.8, 4) is 0 Å². The SMILES string of the molecule is CCCC1C(C(=O)OCC)=C(C)NC(C)=C1C(=O)OC(C)(C)C. The van der Waals surface area contributed by atoms with E-state index < -0.39 is 5.60 Å². The Morgan fingerprint density at radius 1 is 1.04 bits per heavy atom. The quantitative estimate of drug-likeness (QED) is 0.785. The maximum absolute atomic E-state index is 12.6. The van der Waals surface area contributed by atoms with Crippen LogP contribution in [0.25, 0.3) is 0 Å². The van der Waals surface area contributed by atoms with Crippen molar-refractivity contribution in [1.82, 2.24) is 5.32 Å². The maximum Gasteiger partial charge on any atom is 0.336 e. The molecule has 0 saturated heterocycles. The highest BCUT2D eigenvalue weighted by atomic mass is 16.6. The van der Waals surface area contributed by atoms with Gasteiger partial charge in [-0.05, 0) is 48.0 Å². The summed E-state index contributed by atoms with van der Waals surface area (Å²) in [5.41, 5.74) is 1.95. The topological polar surface area (TPSA) is 64.6 Å². The summed E-state index contributed by atoms with van der Waals surface area (Å²) in [4.78, 5) is 25.0. The van der Waals surface area contributed by atoms with Crippen LogP contribution in [-0.4, -0.2) is 24.1 Å². The summed E-state index contributed by atoms with van der Waals surface area (Å²) < 4.78 is 10.7. The van der Waals surface area contributed by atoms with Crippen LogP contribution in [0.3, 0.4) is 0 Å². The number of carbonyl (C=O) groups excluding carboxylic acids is 2. The van der Waals surface area contributed by atoms with Crippen LogP contribution in [0.15, 0.2) is 22.5 Å². The molecule has 0 spiro atoms. The summed E-state index contributed by atoms with van der Waals surface area (Å²) in [7, 11) is 0. The average molecular weight is 323 g/mol. The van der Waals surface area contributed by atoms with Crippen LogP contribution >= 0.6 is 0 Å². The molecule has 0 amide bonds. The van der Waals surface area contributed by atoms with E-state index in [4.69, 9.17) is 9.47 Å². The van der Waals surface area contributed by atoms with Gasteiger partial charge in [0.2, 0.25) is 0 Å². The van der Waals surface area contributed by atoms with E-state index in [0.29, 0.717) is 24.2 Å². The summed E-state index contributed by atoms with van der Waals surface area (Å²) >= 11 is 0. The Morgan fingerprint density at radius 2 is 1.57 bits per heavy atom. The second kappa shape index (κ2) is 7.66. The van der Waals surface area contributed by atoms with Gasteiger partial charge in [0.15, 0.2) is 0 Å². The number of hydrogen-bond donors (Lipinski definition) is 1. The number of nitrogens with one attached hydrogen (secondary N) is 1. The van der Waals surface area contributed by atoms with Crippen molar-refractivity contribution in [3.63, 3.8) is 0 Å². The zero-order valence-corrected chi connectivity index (χ0v) is 15.3. The van der Waals surface area contributed by atoms with E-state index in [1.165, 1.54) is 0 Å². The molecule has 0 bridgehead atoms. The van der Waals surface area contributed by atoms with E-state index in [-0.39, 0.29) is 17.9 Å². The van der Waals surface area contributed by atoms with Gasteiger partial charge in [0.1, 0.15) is 5.60 Å². The Kier molecular flexibility index (Phi) is 6.42. The Bertz CT molecular complexity index is 538. The number of allylic oxidation sites excluding steroid dienone is 2. The third kappa shape index (κ3) is 4.85. The van der Waals surface area contributed by atoms with Gasteiger partial charge in [0.05, 0.1) is 17.8 Å². The van der Waals surface area contributed by atoms with E-state index >= 15 is 0 Å². The minimum Gasteiger partial charge on any atom is -0.463 e. The first-order chi connectivity index (χ1) is 10.6. The van der Waals surface area contributed by atoms with Crippen LogP contribution in [0.2, 0.25) is 0 Å². The molecule has 5 nitrogen and oxygen atoms in total. The smallest absolute Gasteiger partial charge is 0.336 e. The van der Waals surface area contributed by atoms with Crippen molar-refractivity contribution in [3.05, 3.63) is 22.5 Å². The maximum atomic E-state index is 12.6. The van der Waals surface area contributed by atoms with Gasteiger partial charge in [0.25, 0.3) is 0 Å². The summed E-state index contributed by atoms with van der Waals surface area (Å²) in [6.07, 6.45) is 1.54. The lowest BCUT2D eigenvalue weighted by Gasteiger charge is -2.31. The molecule has 1 N–H and O–H groups in total. The lowest BCUT2D eigenvalue weighted by Crippen LogP contribution is -2.35. The predicted molar refractivity (Wildman–Crippen MR) is 89.4 cm³/mol. The fourth-order valence-corrected chi connectivity index (χ4v) is 2.79. The van der Waals surface area contributed by atoms with Gasteiger partial charge in [-0.3, -0.25) is 0 Å². The van der Waals surface area contributed by atoms with Crippen molar-refractivity contribution in [2.75, 3.05) is 6.61 Å². The van der Waals surface area contributed by atoms with Gasteiger partial charge in [-0.2, -0.15) is 0 Å². The lowest BCUT2D eigenvalue weighted by atomic mass is 9.82. The molecule has 5 heteroatoms.